The van der Waals surface area contributed by atoms with Gasteiger partial charge in [0.2, 0.25) is 0 Å². The molecule has 2 aliphatic rings. The van der Waals surface area contributed by atoms with Gasteiger partial charge in [0.25, 0.3) is 0 Å². The average Bonchev–Trinajstić information content (AvgIpc) is 3.24. The molecule has 0 spiro atoms. The molecule has 7 heteroatoms. The minimum atomic E-state index is -0.498. The van der Waals surface area contributed by atoms with E-state index in [1.165, 1.54) is 0 Å². The Hall–Kier alpha value is -3.09. The zero-order valence-electron chi connectivity index (χ0n) is 18.4. The quantitative estimate of drug-likeness (QED) is 0.389. The third-order valence-corrected chi connectivity index (χ3v) is 6.58. The Labute approximate surface area is 203 Å². The molecule has 0 fully saturated rings. The number of hydrogen-bond acceptors (Lipinski definition) is 4. The zero-order valence-corrected chi connectivity index (χ0v) is 20.0. The van der Waals surface area contributed by atoms with Gasteiger partial charge in [0.1, 0.15) is 11.8 Å². The number of nitrogens with one attached hydrogen (secondary N) is 2. The van der Waals surface area contributed by atoms with Crippen LogP contribution in [-0.4, -0.2) is 10.9 Å². The second kappa shape index (κ2) is 8.36. The van der Waals surface area contributed by atoms with Crippen molar-refractivity contribution in [3.63, 3.8) is 0 Å². The summed E-state index contributed by atoms with van der Waals surface area (Å²) in [5, 5.41) is 7.99. The number of benzene rings is 2. The largest absolute Gasteiger partial charge is 0.467 e. The topological polar surface area (TPSA) is 57.5 Å². The number of furan rings is 1. The van der Waals surface area contributed by atoms with E-state index in [0.29, 0.717) is 27.9 Å². The second-order valence-corrected chi connectivity index (χ2v) is 10.0. The van der Waals surface area contributed by atoms with Crippen molar-refractivity contribution in [2.75, 3.05) is 15.5 Å². The van der Waals surface area contributed by atoms with Gasteiger partial charge in [-0.2, -0.15) is 0 Å². The number of carbonyl (C=O) groups is 1. The molecular weight excluding hydrogens is 454 g/mol. The molecule has 0 amide bonds. The lowest BCUT2D eigenvalue weighted by Gasteiger charge is -2.37. The first kappa shape index (κ1) is 21.7. The number of hydrogen-bond donors (Lipinski definition) is 2. The summed E-state index contributed by atoms with van der Waals surface area (Å²) >= 11 is 12.0. The summed E-state index contributed by atoms with van der Waals surface area (Å²) in [6.45, 7) is 4.25. The fourth-order valence-corrected chi connectivity index (χ4v) is 5.09. The summed E-state index contributed by atoms with van der Waals surface area (Å²) in [6, 6.07) is 18.5. The Kier molecular flexibility index (Phi) is 5.51. The van der Waals surface area contributed by atoms with Gasteiger partial charge in [-0.3, -0.25) is 4.79 Å². The molecular formula is C26H24ClN3O2S. The van der Waals surface area contributed by atoms with Gasteiger partial charge in [0.15, 0.2) is 10.9 Å². The number of halogens is 1. The third-order valence-electron chi connectivity index (χ3n) is 6.03. The Bertz CT molecular complexity index is 1250. The van der Waals surface area contributed by atoms with E-state index in [1.807, 2.05) is 65.6 Å². The Morgan fingerprint density at radius 1 is 1.12 bits per heavy atom. The number of rotatable bonds is 2. The molecule has 0 saturated carbocycles. The van der Waals surface area contributed by atoms with Gasteiger partial charge >= 0.3 is 0 Å². The van der Waals surface area contributed by atoms with E-state index < -0.39 is 6.04 Å². The highest BCUT2D eigenvalue weighted by Gasteiger charge is 2.43. The summed E-state index contributed by atoms with van der Waals surface area (Å²) in [5.74, 6) is 0.761. The lowest BCUT2D eigenvalue weighted by molar-refractivity contribution is -0.118. The number of thiocarbonyl (C=S) groups is 1. The predicted molar refractivity (Wildman–Crippen MR) is 137 cm³/mol. The second-order valence-electron chi connectivity index (χ2n) is 9.20. The molecule has 0 bridgehead atoms. The maximum Gasteiger partial charge on any atom is 0.178 e. The summed E-state index contributed by atoms with van der Waals surface area (Å²) in [6.07, 6.45) is 2.85. The number of Topliss-reactive ketones (excluding diaryl/α,β-unsaturated/α-hetero) is 1. The van der Waals surface area contributed by atoms with Crippen molar-refractivity contribution in [3.05, 3.63) is 89.0 Å². The van der Waals surface area contributed by atoms with E-state index in [0.717, 1.165) is 29.2 Å². The third kappa shape index (κ3) is 4.16. The highest BCUT2D eigenvalue weighted by atomic mass is 35.5. The van der Waals surface area contributed by atoms with Gasteiger partial charge in [0, 0.05) is 28.4 Å². The van der Waals surface area contributed by atoms with Gasteiger partial charge in [-0.1, -0.05) is 37.6 Å². The summed E-state index contributed by atoms with van der Waals surface area (Å²) in [4.78, 5) is 15.5. The number of nitrogens with zero attached hydrogens (tertiary/aromatic N) is 1. The Morgan fingerprint density at radius 2 is 1.88 bits per heavy atom. The SMILES string of the molecule is CC1(C)CC(=O)C2=C(C1)Nc1ccccc1N(C(=S)Nc1ccc(Cl)cc1)C2c1ccco1. The van der Waals surface area contributed by atoms with E-state index >= 15 is 0 Å². The fraction of sp³-hybridized carbons (Fsp3) is 0.231. The van der Waals surface area contributed by atoms with Crippen molar-refractivity contribution in [2.45, 2.75) is 32.7 Å². The van der Waals surface area contributed by atoms with Gasteiger partial charge in [0.05, 0.1) is 17.6 Å². The summed E-state index contributed by atoms with van der Waals surface area (Å²) in [7, 11) is 0. The predicted octanol–water partition coefficient (Wildman–Crippen LogP) is 6.95. The molecule has 168 valence electrons. The van der Waals surface area contributed by atoms with Gasteiger partial charge in [-0.25, -0.2) is 0 Å². The van der Waals surface area contributed by atoms with Gasteiger partial charge < -0.3 is 20.0 Å². The smallest absolute Gasteiger partial charge is 0.178 e. The first-order chi connectivity index (χ1) is 15.8. The van der Waals surface area contributed by atoms with Crippen molar-refractivity contribution < 1.29 is 9.21 Å². The lowest BCUT2D eigenvalue weighted by Crippen LogP contribution is -2.41. The van der Waals surface area contributed by atoms with Crippen molar-refractivity contribution in [3.8, 4) is 0 Å². The molecule has 1 unspecified atom stereocenters. The van der Waals surface area contributed by atoms with Crippen LogP contribution in [0.5, 0.6) is 0 Å². The molecule has 0 radical (unpaired) electrons. The minimum Gasteiger partial charge on any atom is -0.467 e. The van der Waals surface area contributed by atoms with Crippen molar-refractivity contribution in [1.29, 1.82) is 0 Å². The molecule has 1 atom stereocenters. The normalized spacial score (nSPS) is 19.3. The van der Waals surface area contributed by atoms with Crippen LogP contribution in [0.2, 0.25) is 5.02 Å². The van der Waals surface area contributed by atoms with Crippen molar-refractivity contribution >= 4 is 51.8 Å². The van der Waals surface area contributed by atoms with Gasteiger partial charge in [-0.05, 0) is 72.6 Å². The molecule has 1 aromatic heterocycles. The van der Waals surface area contributed by atoms with E-state index in [4.69, 9.17) is 28.2 Å². The van der Waals surface area contributed by atoms with E-state index in [-0.39, 0.29) is 11.2 Å². The molecule has 5 rings (SSSR count). The highest BCUT2D eigenvalue weighted by molar-refractivity contribution is 7.80. The van der Waals surface area contributed by atoms with Crippen LogP contribution in [0.25, 0.3) is 0 Å². The standard InChI is InChI=1S/C26H24ClN3O2S/c1-26(2)14-19-23(21(31)15-26)24(22-8-5-13-32-22)30(20-7-4-3-6-18(20)29-19)25(33)28-17-11-9-16(27)10-12-17/h3-13,24,29H,14-15H2,1-2H3,(H,28,33). The van der Waals surface area contributed by atoms with Gasteiger partial charge in [-0.15, -0.1) is 0 Å². The van der Waals surface area contributed by atoms with Crippen LogP contribution >= 0.6 is 23.8 Å². The molecule has 5 nitrogen and oxygen atoms in total. The molecule has 2 aromatic carbocycles. The number of para-hydroxylation sites is 2. The molecule has 2 heterocycles. The molecule has 2 N–H and O–H groups in total. The summed E-state index contributed by atoms with van der Waals surface area (Å²) < 4.78 is 5.88. The molecule has 1 aliphatic carbocycles. The molecule has 1 aliphatic heterocycles. The zero-order chi connectivity index (χ0) is 23.2. The molecule has 33 heavy (non-hydrogen) atoms. The maximum atomic E-state index is 13.6. The van der Waals surface area contributed by atoms with Crippen LogP contribution < -0.4 is 15.5 Å². The first-order valence-corrected chi connectivity index (χ1v) is 11.6. The fourth-order valence-electron chi connectivity index (χ4n) is 4.64. The van der Waals surface area contributed by atoms with Crippen molar-refractivity contribution in [2.24, 2.45) is 5.41 Å². The van der Waals surface area contributed by atoms with E-state index in [2.05, 4.69) is 24.5 Å². The number of anilines is 3. The monoisotopic (exact) mass is 477 g/mol. The van der Waals surface area contributed by atoms with Crippen LogP contribution in [0.1, 0.15) is 38.5 Å². The molecule has 3 aromatic rings. The average molecular weight is 478 g/mol. The minimum absolute atomic E-state index is 0.0993. The number of allylic oxidation sites excluding steroid dienone is 1. The highest BCUT2D eigenvalue weighted by Crippen LogP contribution is 2.48. The lowest BCUT2D eigenvalue weighted by atomic mass is 9.74. The van der Waals surface area contributed by atoms with Crippen LogP contribution in [-0.2, 0) is 4.79 Å². The van der Waals surface area contributed by atoms with Crippen molar-refractivity contribution in [1.82, 2.24) is 0 Å². The van der Waals surface area contributed by atoms with Crippen LogP contribution in [0.4, 0.5) is 17.1 Å². The Morgan fingerprint density at radius 3 is 2.61 bits per heavy atom. The number of fused-ring (bicyclic) bond motifs is 1. The molecule has 0 saturated heterocycles. The first-order valence-electron chi connectivity index (χ1n) is 10.8. The van der Waals surface area contributed by atoms with Crippen LogP contribution in [0, 0.1) is 5.41 Å². The summed E-state index contributed by atoms with van der Waals surface area (Å²) in [5.41, 5.74) is 4.04. The van der Waals surface area contributed by atoms with E-state index in [9.17, 15) is 4.79 Å². The number of ketones is 1. The number of carbonyl (C=O) groups excluding carboxylic acids is 1. The Balaban J connectivity index is 1.68. The van der Waals surface area contributed by atoms with Crippen LogP contribution in [0.3, 0.4) is 0 Å². The van der Waals surface area contributed by atoms with Crippen LogP contribution in [0.15, 0.2) is 82.6 Å². The van der Waals surface area contributed by atoms with E-state index in [1.54, 1.807) is 6.26 Å². The maximum absolute atomic E-state index is 13.6.